The summed E-state index contributed by atoms with van der Waals surface area (Å²) in [4.78, 5) is 26.1. The highest BCUT2D eigenvalue weighted by Gasteiger charge is 2.27. The van der Waals surface area contributed by atoms with Crippen molar-refractivity contribution in [3.05, 3.63) is 81.0 Å². The Hall–Kier alpha value is -3.94. The van der Waals surface area contributed by atoms with E-state index in [0.717, 1.165) is 19.1 Å². The normalized spacial score (nSPS) is 13.8. The molecule has 1 aromatic carbocycles. The molecule has 1 aliphatic carbocycles. The Morgan fingerprint density at radius 3 is 2.64 bits per heavy atom. The van der Waals surface area contributed by atoms with Crippen molar-refractivity contribution in [2.75, 3.05) is 6.26 Å². The summed E-state index contributed by atoms with van der Waals surface area (Å²) in [6, 6.07) is 9.10. The zero-order valence-electron chi connectivity index (χ0n) is 20.6. The zero-order valence-corrected chi connectivity index (χ0v) is 22.2. The first-order valence-corrected chi connectivity index (χ1v) is 14.0. The van der Waals surface area contributed by atoms with Crippen LogP contribution in [-0.2, 0) is 20.9 Å². The molecule has 0 unspecified atom stereocenters. The first-order chi connectivity index (χ1) is 18.6. The van der Waals surface area contributed by atoms with E-state index >= 15 is 0 Å². The average molecular weight is 571 g/mol. The molecule has 0 bridgehead atoms. The van der Waals surface area contributed by atoms with Crippen molar-refractivity contribution in [2.24, 2.45) is 0 Å². The maximum atomic E-state index is 14.4. The third-order valence-electron chi connectivity index (χ3n) is 6.11. The van der Waals surface area contributed by atoms with Gasteiger partial charge in [0.2, 0.25) is 5.89 Å². The Labute approximate surface area is 226 Å². The lowest BCUT2D eigenvalue weighted by Gasteiger charge is -2.05. The van der Waals surface area contributed by atoms with Crippen LogP contribution in [-0.4, -0.2) is 43.8 Å². The zero-order chi connectivity index (χ0) is 27.5. The number of halogens is 2. The van der Waals surface area contributed by atoms with Crippen LogP contribution in [0.1, 0.15) is 35.8 Å². The molecule has 1 fully saturated rings. The summed E-state index contributed by atoms with van der Waals surface area (Å²) in [7, 11) is -3.70. The molecule has 4 heterocycles. The topological polar surface area (TPSA) is 134 Å². The van der Waals surface area contributed by atoms with Crippen LogP contribution in [0, 0.1) is 12.7 Å². The fourth-order valence-electron chi connectivity index (χ4n) is 4.15. The largest absolute Gasteiger partial charge is 0.432 e. The second-order valence-corrected chi connectivity index (χ2v) is 11.3. The molecule has 6 rings (SSSR count). The molecular weight excluding hydrogens is 551 g/mol. The van der Waals surface area contributed by atoms with Crippen molar-refractivity contribution < 1.29 is 21.4 Å². The predicted molar refractivity (Wildman–Crippen MR) is 139 cm³/mol. The fraction of sp³-hybridized carbons (Fsp3) is 0.240. The van der Waals surface area contributed by atoms with Crippen molar-refractivity contribution in [3.8, 4) is 28.7 Å². The van der Waals surface area contributed by atoms with Crippen LogP contribution in [0.2, 0.25) is 5.02 Å². The number of rotatable bonds is 7. The molecule has 39 heavy (non-hydrogen) atoms. The maximum Gasteiger partial charge on any atom is 0.353 e. The van der Waals surface area contributed by atoms with Crippen LogP contribution >= 0.6 is 11.6 Å². The Kier molecular flexibility index (Phi) is 6.08. The molecular formula is C25H20ClFN6O5S. The summed E-state index contributed by atoms with van der Waals surface area (Å²) < 4.78 is 51.1. The van der Waals surface area contributed by atoms with E-state index < -0.39 is 21.6 Å². The molecule has 0 N–H and O–H groups in total. The summed E-state index contributed by atoms with van der Waals surface area (Å²) in [5.41, 5.74) is 2.13. The van der Waals surface area contributed by atoms with E-state index in [1.54, 1.807) is 37.4 Å². The van der Waals surface area contributed by atoms with Gasteiger partial charge < -0.3 is 4.42 Å². The van der Waals surface area contributed by atoms with Gasteiger partial charge in [0.1, 0.15) is 12.4 Å². The maximum absolute atomic E-state index is 14.4. The van der Waals surface area contributed by atoms with Gasteiger partial charge in [-0.2, -0.15) is 23.5 Å². The molecule has 0 aliphatic heterocycles. The van der Waals surface area contributed by atoms with Gasteiger partial charge >= 0.3 is 5.69 Å². The van der Waals surface area contributed by atoms with E-state index in [1.165, 1.54) is 21.2 Å². The highest BCUT2D eigenvalue weighted by Crippen LogP contribution is 2.38. The van der Waals surface area contributed by atoms with Gasteiger partial charge in [-0.15, -0.1) is 0 Å². The molecule has 5 aromatic rings. The van der Waals surface area contributed by atoms with Crippen molar-refractivity contribution >= 4 is 27.4 Å². The number of oxazole rings is 1. The first kappa shape index (κ1) is 25.3. The standard InChI is InChI=1S/C25H20ClFN6O5S/c1-13-9-16(12-37-39(2,35)36)33-21(28-13)11-20(31-33)24-30-23(22(38-24)15-5-6-17(26)18(27)10-15)32-8-7-19(14-3-4-14)29-25(32)34/h5-11,14H,3-4,12H2,1-2H3. The summed E-state index contributed by atoms with van der Waals surface area (Å²) in [6.45, 7) is 1.48. The van der Waals surface area contributed by atoms with Gasteiger partial charge in [0, 0.05) is 29.4 Å². The van der Waals surface area contributed by atoms with Crippen LogP contribution in [0.4, 0.5) is 4.39 Å². The lowest BCUT2D eigenvalue weighted by atomic mass is 10.1. The van der Waals surface area contributed by atoms with Gasteiger partial charge in [-0.3, -0.25) is 4.18 Å². The minimum absolute atomic E-state index is 0.0201. The predicted octanol–water partition coefficient (Wildman–Crippen LogP) is 4.05. The molecule has 0 saturated heterocycles. The van der Waals surface area contributed by atoms with E-state index in [2.05, 4.69) is 20.1 Å². The molecule has 14 heteroatoms. The molecule has 0 amide bonds. The minimum atomic E-state index is -3.70. The highest BCUT2D eigenvalue weighted by atomic mass is 35.5. The highest BCUT2D eigenvalue weighted by molar-refractivity contribution is 7.85. The second kappa shape index (κ2) is 9.36. The van der Waals surface area contributed by atoms with E-state index in [-0.39, 0.29) is 40.7 Å². The van der Waals surface area contributed by atoms with Crippen molar-refractivity contribution in [2.45, 2.75) is 32.3 Å². The summed E-state index contributed by atoms with van der Waals surface area (Å²) in [5.74, 6) is -0.180. The molecule has 0 radical (unpaired) electrons. The number of aromatic nitrogens is 6. The lowest BCUT2D eigenvalue weighted by molar-refractivity contribution is 0.304. The third-order valence-corrected chi connectivity index (χ3v) is 6.96. The van der Waals surface area contributed by atoms with Gasteiger partial charge in [0.05, 0.1) is 22.7 Å². The number of aryl methyl sites for hydroxylation is 1. The Morgan fingerprint density at radius 2 is 1.95 bits per heavy atom. The summed E-state index contributed by atoms with van der Waals surface area (Å²) >= 11 is 5.88. The van der Waals surface area contributed by atoms with Crippen molar-refractivity contribution in [3.63, 3.8) is 0 Å². The van der Waals surface area contributed by atoms with Gasteiger partial charge in [-0.25, -0.2) is 23.3 Å². The van der Waals surface area contributed by atoms with E-state index in [0.29, 0.717) is 28.3 Å². The van der Waals surface area contributed by atoms with Gasteiger partial charge in [0.15, 0.2) is 22.9 Å². The van der Waals surface area contributed by atoms with E-state index in [9.17, 15) is 17.6 Å². The SMILES string of the molecule is Cc1cc(COS(C)(=O)=O)n2nc(-c3nc(-n4ccc(C5CC5)nc4=O)c(-c4ccc(Cl)c(F)c4)o3)cc2n1. The Balaban J connectivity index is 1.50. The van der Waals surface area contributed by atoms with Gasteiger partial charge in [-0.05, 0) is 50.1 Å². The second-order valence-electron chi connectivity index (χ2n) is 9.23. The molecule has 1 aliphatic rings. The number of fused-ring (bicyclic) bond motifs is 1. The van der Waals surface area contributed by atoms with Crippen molar-refractivity contribution in [1.29, 1.82) is 0 Å². The number of hydrogen-bond acceptors (Lipinski definition) is 9. The molecule has 4 aromatic heterocycles. The van der Waals surface area contributed by atoms with Crippen LogP contribution < -0.4 is 5.69 Å². The Bertz CT molecular complexity index is 1930. The number of benzene rings is 1. The van der Waals surface area contributed by atoms with Gasteiger partial charge in [0.25, 0.3) is 10.1 Å². The molecule has 200 valence electrons. The number of hydrogen-bond donors (Lipinski definition) is 0. The van der Waals surface area contributed by atoms with Crippen LogP contribution in [0.3, 0.4) is 0 Å². The molecule has 1 saturated carbocycles. The van der Waals surface area contributed by atoms with Crippen LogP contribution in [0.25, 0.3) is 34.4 Å². The first-order valence-electron chi connectivity index (χ1n) is 11.8. The van der Waals surface area contributed by atoms with E-state index in [4.69, 9.17) is 20.2 Å². The smallest absolute Gasteiger partial charge is 0.353 e. The average Bonchev–Trinajstić information content (AvgIpc) is 3.49. The van der Waals surface area contributed by atoms with Crippen molar-refractivity contribution in [1.82, 2.24) is 29.1 Å². The van der Waals surface area contributed by atoms with Gasteiger partial charge in [-0.1, -0.05) is 11.6 Å². The summed E-state index contributed by atoms with van der Waals surface area (Å²) in [5, 5.41) is 4.42. The third kappa shape index (κ3) is 5.07. The number of nitrogens with zero attached hydrogens (tertiary/aromatic N) is 6. The molecule has 0 spiro atoms. The Morgan fingerprint density at radius 1 is 1.15 bits per heavy atom. The minimum Gasteiger partial charge on any atom is -0.432 e. The molecule has 11 nitrogen and oxygen atoms in total. The van der Waals surface area contributed by atoms with Crippen LogP contribution in [0.15, 0.2) is 51.8 Å². The van der Waals surface area contributed by atoms with Crippen LogP contribution in [0.5, 0.6) is 0 Å². The lowest BCUT2D eigenvalue weighted by Crippen LogP contribution is -2.22. The fourth-order valence-corrected chi connectivity index (χ4v) is 4.60. The summed E-state index contributed by atoms with van der Waals surface area (Å²) in [6.07, 6.45) is 4.49. The monoisotopic (exact) mass is 570 g/mol. The quantitative estimate of drug-likeness (QED) is 0.265. The van der Waals surface area contributed by atoms with E-state index in [1.807, 2.05) is 0 Å². The molecule has 0 atom stereocenters.